The van der Waals surface area contributed by atoms with Gasteiger partial charge in [0, 0.05) is 32.2 Å². The summed E-state index contributed by atoms with van der Waals surface area (Å²) in [6.07, 6.45) is -4.68. The Bertz CT molecular complexity index is 941. The maximum absolute atomic E-state index is 12.9. The Labute approximate surface area is 173 Å². The second kappa shape index (κ2) is 8.69. The van der Waals surface area contributed by atoms with Crippen molar-refractivity contribution in [1.82, 2.24) is 10.2 Å². The van der Waals surface area contributed by atoms with Gasteiger partial charge < -0.3 is 15.1 Å². The second-order valence-electron chi connectivity index (χ2n) is 6.49. The average molecular weight is 442 g/mol. The summed E-state index contributed by atoms with van der Waals surface area (Å²) in [7, 11) is 0. The first-order valence-corrected chi connectivity index (χ1v) is 9.75. The second-order valence-corrected chi connectivity index (χ2v) is 7.43. The van der Waals surface area contributed by atoms with Crippen molar-refractivity contribution in [2.45, 2.75) is 6.18 Å². The lowest BCUT2D eigenvalue weighted by atomic mass is 10.1. The Kier molecular flexibility index (Phi) is 6.25. The molecular formula is C18H17F3N4O4S. The van der Waals surface area contributed by atoms with Crippen LogP contribution in [0.5, 0.6) is 0 Å². The maximum Gasteiger partial charge on any atom is 0.416 e. The minimum atomic E-state index is -4.68. The molecule has 0 radical (unpaired) electrons. The highest BCUT2D eigenvalue weighted by molar-refractivity contribution is 7.12. The molecule has 0 unspecified atom stereocenters. The Balaban J connectivity index is 1.60. The lowest BCUT2D eigenvalue weighted by Gasteiger charge is -2.36. The Morgan fingerprint density at radius 3 is 2.43 bits per heavy atom. The van der Waals surface area contributed by atoms with E-state index in [2.05, 4.69) is 5.32 Å². The third-order valence-electron chi connectivity index (χ3n) is 4.62. The third kappa shape index (κ3) is 4.87. The van der Waals surface area contributed by atoms with Crippen LogP contribution in [0.1, 0.15) is 15.2 Å². The van der Waals surface area contributed by atoms with Gasteiger partial charge in [0.15, 0.2) is 0 Å². The van der Waals surface area contributed by atoms with Gasteiger partial charge >= 0.3 is 6.18 Å². The van der Waals surface area contributed by atoms with Gasteiger partial charge in [-0.15, -0.1) is 11.3 Å². The first-order valence-electron chi connectivity index (χ1n) is 8.87. The number of hydrogen-bond acceptors (Lipinski definition) is 6. The lowest BCUT2D eigenvalue weighted by molar-refractivity contribution is -0.384. The fourth-order valence-corrected chi connectivity index (χ4v) is 3.71. The molecule has 0 bridgehead atoms. The molecule has 0 atom stereocenters. The Morgan fingerprint density at radius 1 is 1.17 bits per heavy atom. The van der Waals surface area contributed by atoms with Crippen LogP contribution < -0.4 is 10.2 Å². The monoisotopic (exact) mass is 442 g/mol. The van der Waals surface area contributed by atoms with Gasteiger partial charge in [0.1, 0.15) is 5.69 Å². The van der Waals surface area contributed by atoms with Crippen LogP contribution in [0.15, 0.2) is 35.7 Å². The standard InChI is InChI=1S/C18H17F3N4O4S/c19-18(20,21)12-3-4-13(14(10-12)25(28)29)23-5-7-24(8-6-23)16(26)11-22-17(27)15-2-1-9-30-15/h1-4,9-10H,5-8,11H2,(H,22,27). The van der Waals surface area contributed by atoms with E-state index < -0.39 is 22.4 Å². The summed E-state index contributed by atoms with van der Waals surface area (Å²) in [4.78, 5) is 38.2. The number of alkyl halides is 3. The van der Waals surface area contributed by atoms with Crippen molar-refractivity contribution in [2.75, 3.05) is 37.6 Å². The minimum absolute atomic E-state index is 0.0751. The molecule has 1 aliphatic rings. The van der Waals surface area contributed by atoms with E-state index in [1.165, 1.54) is 16.2 Å². The number of rotatable bonds is 5. The van der Waals surface area contributed by atoms with Crippen LogP contribution in [-0.4, -0.2) is 54.4 Å². The lowest BCUT2D eigenvalue weighted by Crippen LogP contribution is -2.51. The molecular weight excluding hydrogens is 425 g/mol. The molecule has 30 heavy (non-hydrogen) atoms. The molecule has 1 aliphatic heterocycles. The molecule has 2 amide bonds. The van der Waals surface area contributed by atoms with Gasteiger partial charge in [-0.3, -0.25) is 19.7 Å². The number of carbonyl (C=O) groups excluding carboxylic acids is 2. The van der Waals surface area contributed by atoms with Gasteiger partial charge in [-0.25, -0.2) is 0 Å². The molecule has 1 saturated heterocycles. The zero-order valence-corrected chi connectivity index (χ0v) is 16.3. The SMILES string of the molecule is O=C(NCC(=O)N1CCN(c2ccc(C(F)(F)F)cc2[N+](=O)[O-])CC1)c1cccs1. The van der Waals surface area contributed by atoms with E-state index in [-0.39, 0.29) is 50.2 Å². The van der Waals surface area contributed by atoms with Crippen LogP contribution in [0.2, 0.25) is 0 Å². The molecule has 2 heterocycles. The van der Waals surface area contributed by atoms with Crippen molar-refractivity contribution in [3.8, 4) is 0 Å². The number of nitro benzene ring substituents is 1. The number of halogens is 3. The molecule has 1 aromatic carbocycles. The number of piperazine rings is 1. The molecule has 8 nitrogen and oxygen atoms in total. The molecule has 1 aromatic heterocycles. The summed E-state index contributed by atoms with van der Waals surface area (Å²) >= 11 is 1.25. The average Bonchev–Trinajstić information content (AvgIpc) is 3.25. The number of anilines is 1. The molecule has 3 rings (SSSR count). The van der Waals surface area contributed by atoms with Gasteiger partial charge in [-0.2, -0.15) is 13.2 Å². The highest BCUT2D eigenvalue weighted by atomic mass is 32.1. The van der Waals surface area contributed by atoms with Gasteiger partial charge in [0.2, 0.25) is 5.91 Å². The first-order chi connectivity index (χ1) is 14.2. The van der Waals surface area contributed by atoms with E-state index in [4.69, 9.17) is 0 Å². The Morgan fingerprint density at radius 2 is 1.87 bits per heavy atom. The van der Waals surface area contributed by atoms with Crippen LogP contribution in [0.25, 0.3) is 0 Å². The number of nitrogens with zero attached hydrogens (tertiary/aromatic N) is 3. The van der Waals surface area contributed by atoms with Crippen LogP contribution in [-0.2, 0) is 11.0 Å². The van der Waals surface area contributed by atoms with E-state index in [0.717, 1.165) is 12.1 Å². The fourth-order valence-electron chi connectivity index (χ4n) is 3.07. The van der Waals surface area contributed by atoms with Gasteiger partial charge in [0.05, 0.1) is 21.9 Å². The number of benzene rings is 1. The normalized spacial score (nSPS) is 14.5. The highest BCUT2D eigenvalue weighted by Crippen LogP contribution is 2.36. The van der Waals surface area contributed by atoms with E-state index in [1.807, 2.05) is 0 Å². The quantitative estimate of drug-likeness (QED) is 0.568. The van der Waals surface area contributed by atoms with Crippen molar-refractivity contribution in [3.63, 3.8) is 0 Å². The summed E-state index contributed by atoms with van der Waals surface area (Å²) in [5.74, 6) is -0.654. The largest absolute Gasteiger partial charge is 0.416 e. The molecule has 0 saturated carbocycles. The molecule has 2 aromatic rings. The highest BCUT2D eigenvalue weighted by Gasteiger charge is 2.34. The smallest absolute Gasteiger partial charge is 0.362 e. The number of thiophene rings is 1. The van der Waals surface area contributed by atoms with Crippen LogP contribution in [0.3, 0.4) is 0 Å². The number of amides is 2. The summed E-state index contributed by atoms with van der Waals surface area (Å²) in [5.41, 5.74) is -1.65. The number of carbonyl (C=O) groups is 2. The Hall–Kier alpha value is -3.15. The summed E-state index contributed by atoms with van der Waals surface area (Å²) in [6, 6.07) is 5.77. The zero-order chi connectivity index (χ0) is 21.9. The van der Waals surface area contributed by atoms with Gasteiger partial charge in [-0.05, 0) is 23.6 Å². The first kappa shape index (κ1) is 21.6. The van der Waals surface area contributed by atoms with E-state index in [9.17, 15) is 32.9 Å². The van der Waals surface area contributed by atoms with Gasteiger partial charge in [0.25, 0.3) is 11.6 Å². The van der Waals surface area contributed by atoms with Crippen molar-refractivity contribution >= 4 is 34.5 Å². The maximum atomic E-state index is 12.9. The molecule has 160 valence electrons. The number of nitrogens with one attached hydrogen (secondary N) is 1. The third-order valence-corrected chi connectivity index (χ3v) is 5.49. The molecule has 0 spiro atoms. The van der Waals surface area contributed by atoms with Crippen molar-refractivity contribution < 1.29 is 27.7 Å². The summed E-state index contributed by atoms with van der Waals surface area (Å²) in [5, 5.41) is 15.6. The summed E-state index contributed by atoms with van der Waals surface area (Å²) in [6.45, 7) is 0.711. The predicted molar refractivity (Wildman–Crippen MR) is 104 cm³/mol. The molecule has 0 aliphatic carbocycles. The van der Waals surface area contributed by atoms with E-state index in [1.54, 1.807) is 22.4 Å². The molecule has 1 N–H and O–H groups in total. The fraction of sp³-hybridized carbons (Fsp3) is 0.333. The van der Waals surface area contributed by atoms with Crippen molar-refractivity contribution in [2.24, 2.45) is 0 Å². The molecule has 12 heteroatoms. The summed E-state index contributed by atoms with van der Waals surface area (Å²) < 4.78 is 38.6. The van der Waals surface area contributed by atoms with Crippen LogP contribution in [0.4, 0.5) is 24.5 Å². The number of nitro groups is 1. The van der Waals surface area contributed by atoms with E-state index in [0.29, 0.717) is 10.9 Å². The van der Waals surface area contributed by atoms with E-state index >= 15 is 0 Å². The molecule has 1 fully saturated rings. The van der Waals surface area contributed by atoms with Crippen LogP contribution in [0, 0.1) is 10.1 Å². The minimum Gasteiger partial charge on any atom is -0.362 e. The van der Waals surface area contributed by atoms with Crippen molar-refractivity contribution in [3.05, 3.63) is 56.3 Å². The predicted octanol–water partition coefficient (Wildman–Crippen LogP) is 2.75. The van der Waals surface area contributed by atoms with Gasteiger partial charge in [-0.1, -0.05) is 6.07 Å². The zero-order valence-electron chi connectivity index (χ0n) is 15.5. The van der Waals surface area contributed by atoms with Crippen LogP contribution >= 0.6 is 11.3 Å². The van der Waals surface area contributed by atoms with Crippen molar-refractivity contribution in [1.29, 1.82) is 0 Å². The topological polar surface area (TPSA) is 95.8 Å². The number of hydrogen-bond donors (Lipinski definition) is 1.